The summed E-state index contributed by atoms with van der Waals surface area (Å²) in [6, 6.07) is 7.74. The summed E-state index contributed by atoms with van der Waals surface area (Å²) < 4.78 is 28.8. The van der Waals surface area contributed by atoms with Crippen molar-refractivity contribution in [1.29, 1.82) is 0 Å². The van der Waals surface area contributed by atoms with E-state index in [0.717, 1.165) is 0 Å². The van der Waals surface area contributed by atoms with Gasteiger partial charge < -0.3 is 5.11 Å². The second kappa shape index (κ2) is 8.53. The van der Waals surface area contributed by atoms with Gasteiger partial charge in [-0.3, -0.25) is 0 Å². The highest BCUT2D eigenvalue weighted by Crippen LogP contribution is 2.32. The first-order valence-electron chi connectivity index (χ1n) is 8.40. The molecule has 2 N–H and O–H groups in total. The summed E-state index contributed by atoms with van der Waals surface area (Å²) in [4.78, 5) is 4.29. The maximum Gasteiger partial charge on any atom is 0.141 e. The van der Waals surface area contributed by atoms with Gasteiger partial charge >= 0.3 is 0 Å². The summed E-state index contributed by atoms with van der Waals surface area (Å²) in [6.45, 7) is 7.32. The van der Waals surface area contributed by atoms with Crippen LogP contribution in [0.3, 0.4) is 0 Å². The van der Waals surface area contributed by atoms with Crippen LogP contribution in [0.4, 0.5) is 4.39 Å². The van der Waals surface area contributed by atoms with Crippen LogP contribution in [0.25, 0.3) is 11.3 Å². The molecule has 2 rings (SSSR count). The van der Waals surface area contributed by atoms with Gasteiger partial charge in [-0.25, -0.2) is 18.3 Å². The van der Waals surface area contributed by atoms with Crippen LogP contribution in [0, 0.1) is 5.82 Å². The fourth-order valence-electron chi connectivity index (χ4n) is 2.45. The second-order valence-electron chi connectivity index (χ2n) is 7.48. The van der Waals surface area contributed by atoms with Gasteiger partial charge in [-0.1, -0.05) is 23.2 Å². The molecule has 0 saturated heterocycles. The first-order valence-corrected chi connectivity index (χ1v) is 10.3. The molecule has 0 radical (unpaired) electrons. The van der Waals surface area contributed by atoms with Crippen molar-refractivity contribution in [3.05, 3.63) is 51.9 Å². The highest BCUT2D eigenvalue weighted by Gasteiger charge is 2.33. The van der Waals surface area contributed by atoms with Crippen LogP contribution in [0.2, 0.25) is 10.2 Å². The normalized spacial score (nSPS) is 15.4. The molecular weight excluding hydrogens is 410 g/mol. The Bertz CT molecular complexity index is 858. The van der Waals surface area contributed by atoms with E-state index in [-0.39, 0.29) is 16.8 Å². The number of halogens is 3. The van der Waals surface area contributed by atoms with E-state index < -0.39 is 27.1 Å². The maximum absolute atomic E-state index is 13.5. The molecule has 0 saturated carbocycles. The summed E-state index contributed by atoms with van der Waals surface area (Å²) in [5, 5.41) is 9.77. The van der Waals surface area contributed by atoms with Gasteiger partial charge in [0, 0.05) is 12.2 Å². The van der Waals surface area contributed by atoms with Crippen molar-refractivity contribution >= 4 is 34.2 Å². The summed E-state index contributed by atoms with van der Waals surface area (Å²) in [5.74, 6) is -0.518. The zero-order chi connectivity index (χ0) is 20.4. The largest absolute Gasteiger partial charge is 0.396 e. The molecule has 2 atom stereocenters. The van der Waals surface area contributed by atoms with E-state index in [0.29, 0.717) is 23.2 Å². The summed E-state index contributed by atoms with van der Waals surface area (Å²) >= 11 is 12.1. The van der Waals surface area contributed by atoms with Crippen molar-refractivity contribution in [3.8, 4) is 11.3 Å². The molecule has 0 aliphatic heterocycles. The van der Waals surface area contributed by atoms with E-state index in [1.54, 1.807) is 18.2 Å². The molecule has 27 heavy (non-hydrogen) atoms. The first-order chi connectivity index (χ1) is 12.5. The lowest BCUT2D eigenvalue weighted by Gasteiger charge is -2.33. The minimum atomic E-state index is -1.37. The Balaban J connectivity index is 2.52. The first kappa shape index (κ1) is 22.2. The minimum absolute atomic E-state index is 0.0130. The third kappa shape index (κ3) is 5.48. The number of hydrogen-bond donors (Lipinski definition) is 2. The van der Waals surface area contributed by atoms with E-state index in [2.05, 4.69) is 9.71 Å². The van der Waals surface area contributed by atoms with Crippen LogP contribution in [0.15, 0.2) is 30.3 Å². The third-order valence-electron chi connectivity index (χ3n) is 4.13. The topological polar surface area (TPSA) is 62.2 Å². The predicted molar refractivity (Wildman–Crippen MR) is 110 cm³/mol. The van der Waals surface area contributed by atoms with E-state index in [1.165, 1.54) is 12.1 Å². The van der Waals surface area contributed by atoms with Crippen molar-refractivity contribution in [2.45, 2.75) is 44.4 Å². The van der Waals surface area contributed by atoms with E-state index >= 15 is 0 Å². The second-order valence-corrected chi connectivity index (χ2v) is 10.2. The predicted octanol–water partition coefficient (Wildman–Crippen LogP) is 4.84. The minimum Gasteiger partial charge on any atom is -0.396 e. The fraction of sp³-hybridized carbons (Fsp3) is 0.421. The Kier molecular flexibility index (Phi) is 7.03. The molecule has 1 heterocycles. The van der Waals surface area contributed by atoms with Crippen LogP contribution < -0.4 is 4.72 Å². The molecule has 2 unspecified atom stereocenters. The van der Waals surface area contributed by atoms with E-state index in [9.17, 15) is 13.7 Å². The number of nitrogens with one attached hydrogen (secondary N) is 1. The number of nitrogens with zero attached hydrogens (tertiary/aromatic N) is 1. The molecule has 0 aliphatic rings. The monoisotopic (exact) mass is 432 g/mol. The highest BCUT2D eigenvalue weighted by molar-refractivity contribution is 7.84. The van der Waals surface area contributed by atoms with Crippen molar-refractivity contribution in [2.24, 2.45) is 0 Å². The molecule has 0 bridgehead atoms. The Labute approximate surface area is 171 Å². The molecule has 0 amide bonds. The summed E-state index contributed by atoms with van der Waals surface area (Å²) in [7, 11) is -1.37. The molecule has 1 aromatic heterocycles. The van der Waals surface area contributed by atoms with Gasteiger partial charge in [0.15, 0.2) is 0 Å². The Morgan fingerprint density at radius 2 is 1.85 bits per heavy atom. The number of aromatic nitrogens is 1. The highest BCUT2D eigenvalue weighted by atomic mass is 35.5. The van der Waals surface area contributed by atoms with Crippen molar-refractivity contribution in [2.75, 3.05) is 6.61 Å². The van der Waals surface area contributed by atoms with E-state index in [1.807, 2.05) is 27.7 Å². The molecular formula is C19H23Cl2FN2O2S. The molecule has 0 spiro atoms. The Morgan fingerprint density at radius 3 is 2.41 bits per heavy atom. The van der Waals surface area contributed by atoms with Crippen LogP contribution in [0.1, 0.15) is 39.7 Å². The third-order valence-corrected chi connectivity index (χ3v) is 6.36. The van der Waals surface area contributed by atoms with Crippen LogP contribution in [0.5, 0.6) is 0 Å². The molecule has 148 valence electrons. The van der Waals surface area contributed by atoms with Gasteiger partial charge in [-0.05, 0) is 70.0 Å². The molecule has 0 aliphatic carbocycles. The average molecular weight is 433 g/mol. The van der Waals surface area contributed by atoms with Gasteiger partial charge in [0.25, 0.3) is 0 Å². The lowest BCUT2D eigenvalue weighted by molar-refractivity contribution is 0.238. The zero-order valence-electron chi connectivity index (χ0n) is 15.6. The lowest BCUT2D eigenvalue weighted by atomic mass is 9.89. The summed E-state index contributed by atoms with van der Waals surface area (Å²) in [5.41, 5.74) is 1.02. The Hall–Kier alpha value is -1.05. The number of pyridine rings is 1. The van der Waals surface area contributed by atoms with Gasteiger partial charge in [-0.2, -0.15) is 0 Å². The SMILES string of the molecule is CC(CCO)(NS(=O)C(C)(C)C)c1cc(Cl)nc(-c2ccc(F)c(Cl)c2)c1. The van der Waals surface area contributed by atoms with Gasteiger partial charge in [-0.15, -0.1) is 0 Å². The van der Waals surface area contributed by atoms with Gasteiger partial charge in [0.2, 0.25) is 0 Å². The number of benzene rings is 1. The maximum atomic E-state index is 13.5. The van der Waals surface area contributed by atoms with Crippen molar-refractivity contribution in [3.63, 3.8) is 0 Å². The fourth-order valence-corrected chi connectivity index (χ4v) is 3.78. The number of rotatable bonds is 6. The van der Waals surface area contributed by atoms with Gasteiger partial charge in [0.05, 0.1) is 32.0 Å². The number of aliphatic hydroxyl groups excluding tert-OH is 1. The lowest BCUT2D eigenvalue weighted by Crippen LogP contribution is -2.46. The number of hydrogen-bond acceptors (Lipinski definition) is 3. The van der Waals surface area contributed by atoms with Crippen molar-refractivity contribution in [1.82, 2.24) is 9.71 Å². The van der Waals surface area contributed by atoms with Crippen molar-refractivity contribution < 1.29 is 13.7 Å². The molecule has 1 aromatic carbocycles. The molecule has 2 aromatic rings. The quantitative estimate of drug-likeness (QED) is 0.641. The molecule has 0 fully saturated rings. The van der Waals surface area contributed by atoms with E-state index in [4.69, 9.17) is 23.2 Å². The molecule has 4 nitrogen and oxygen atoms in total. The summed E-state index contributed by atoms with van der Waals surface area (Å²) in [6.07, 6.45) is 0.318. The zero-order valence-corrected chi connectivity index (χ0v) is 18.0. The van der Waals surface area contributed by atoms with Crippen LogP contribution in [-0.2, 0) is 16.5 Å². The van der Waals surface area contributed by atoms with Crippen LogP contribution in [-0.4, -0.2) is 25.7 Å². The average Bonchev–Trinajstić information content (AvgIpc) is 2.56. The smallest absolute Gasteiger partial charge is 0.141 e. The number of aliphatic hydroxyl groups is 1. The molecule has 8 heteroatoms. The standard InChI is InChI=1S/C19H23Cl2FN2O2S/c1-18(2,3)27(26)24-19(4,7-8-25)13-10-16(23-17(21)11-13)12-5-6-15(22)14(20)9-12/h5-6,9-11,24-25H,7-8H2,1-4H3. The van der Waals surface area contributed by atoms with Gasteiger partial charge in [0.1, 0.15) is 11.0 Å². The van der Waals surface area contributed by atoms with Crippen LogP contribution >= 0.6 is 23.2 Å². The Morgan fingerprint density at radius 1 is 1.19 bits per heavy atom.